The lowest BCUT2D eigenvalue weighted by Crippen LogP contribution is -2.41. The fourth-order valence-electron chi connectivity index (χ4n) is 2.00. The van der Waals surface area contributed by atoms with Crippen LogP contribution in [-0.2, 0) is 0 Å². The SMILES string of the molecule is NC1CCCCC1Oc1ccc(Cl)c(Cl)c1. The van der Waals surface area contributed by atoms with E-state index in [1.54, 1.807) is 12.1 Å². The lowest BCUT2D eigenvalue weighted by molar-refractivity contribution is 0.132. The first-order chi connectivity index (χ1) is 7.66. The zero-order chi connectivity index (χ0) is 11.5. The Balaban J connectivity index is 2.05. The molecular weight excluding hydrogens is 245 g/mol. The number of hydrogen-bond acceptors (Lipinski definition) is 2. The molecule has 1 aliphatic carbocycles. The smallest absolute Gasteiger partial charge is 0.121 e. The molecule has 0 bridgehead atoms. The third kappa shape index (κ3) is 2.82. The summed E-state index contributed by atoms with van der Waals surface area (Å²) in [6.07, 6.45) is 4.53. The number of benzene rings is 1. The molecule has 1 aromatic carbocycles. The van der Waals surface area contributed by atoms with Gasteiger partial charge in [0.15, 0.2) is 0 Å². The molecular formula is C12H15Cl2NO. The third-order valence-electron chi connectivity index (χ3n) is 2.93. The Bertz CT molecular complexity index is 370. The van der Waals surface area contributed by atoms with E-state index in [9.17, 15) is 0 Å². The van der Waals surface area contributed by atoms with Gasteiger partial charge in [-0.25, -0.2) is 0 Å². The van der Waals surface area contributed by atoms with Gasteiger partial charge in [-0.05, 0) is 31.4 Å². The van der Waals surface area contributed by atoms with E-state index < -0.39 is 0 Å². The Morgan fingerprint density at radius 1 is 1.12 bits per heavy atom. The second-order valence-electron chi connectivity index (χ2n) is 4.18. The van der Waals surface area contributed by atoms with Crippen LogP contribution in [0.3, 0.4) is 0 Å². The summed E-state index contributed by atoms with van der Waals surface area (Å²) in [6, 6.07) is 5.44. The summed E-state index contributed by atoms with van der Waals surface area (Å²) in [4.78, 5) is 0. The molecule has 2 N–H and O–H groups in total. The first kappa shape index (κ1) is 12.0. The van der Waals surface area contributed by atoms with Gasteiger partial charge in [-0.1, -0.05) is 29.6 Å². The second kappa shape index (κ2) is 5.26. The van der Waals surface area contributed by atoms with Gasteiger partial charge < -0.3 is 10.5 Å². The van der Waals surface area contributed by atoms with Gasteiger partial charge in [-0.3, -0.25) is 0 Å². The highest BCUT2D eigenvalue weighted by Gasteiger charge is 2.23. The number of hydrogen-bond donors (Lipinski definition) is 1. The van der Waals surface area contributed by atoms with E-state index >= 15 is 0 Å². The first-order valence-electron chi connectivity index (χ1n) is 5.54. The van der Waals surface area contributed by atoms with E-state index in [4.69, 9.17) is 33.7 Å². The second-order valence-corrected chi connectivity index (χ2v) is 4.99. The maximum atomic E-state index is 6.01. The van der Waals surface area contributed by atoms with Crippen molar-refractivity contribution in [1.29, 1.82) is 0 Å². The molecule has 0 heterocycles. The van der Waals surface area contributed by atoms with Crippen LogP contribution in [-0.4, -0.2) is 12.1 Å². The van der Waals surface area contributed by atoms with Crippen molar-refractivity contribution in [2.45, 2.75) is 37.8 Å². The topological polar surface area (TPSA) is 35.2 Å². The quantitative estimate of drug-likeness (QED) is 0.881. The van der Waals surface area contributed by atoms with Gasteiger partial charge in [0, 0.05) is 12.1 Å². The van der Waals surface area contributed by atoms with Crippen LogP contribution < -0.4 is 10.5 Å². The van der Waals surface area contributed by atoms with Crippen molar-refractivity contribution in [3.8, 4) is 5.75 Å². The van der Waals surface area contributed by atoms with Crippen LogP contribution in [0.2, 0.25) is 10.0 Å². The minimum absolute atomic E-state index is 0.103. The van der Waals surface area contributed by atoms with Crippen LogP contribution in [0.15, 0.2) is 18.2 Å². The van der Waals surface area contributed by atoms with Crippen LogP contribution in [0.25, 0.3) is 0 Å². The monoisotopic (exact) mass is 259 g/mol. The largest absolute Gasteiger partial charge is 0.489 e. The molecule has 0 radical (unpaired) electrons. The van der Waals surface area contributed by atoms with Crippen molar-refractivity contribution in [2.24, 2.45) is 5.73 Å². The number of rotatable bonds is 2. The number of nitrogens with two attached hydrogens (primary N) is 1. The van der Waals surface area contributed by atoms with Crippen LogP contribution in [0.1, 0.15) is 25.7 Å². The van der Waals surface area contributed by atoms with Gasteiger partial charge in [0.05, 0.1) is 10.0 Å². The number of ether oxygens (including phenoxy) is 1. The molecule has 4 heteroatoms. The summed E-state index contributed by atoms with van der Waals surface area (Å²) in [5.74, 6) is 0.747. The minimum Gasteiger partial charge on any atom is -0.489 e. The summed E-state index contributed by atoms with van der Waals surface area (Å²) in [6.45, 7) is 0. The zero-order valence-corrected chi connectivity index (χ0v) is 10.5. The van der Waals surface area contributed by atoms with Crippen molar-refractivity contribution in [1.82, 2.24) is 0 Å². The van der Waals surface area contributed by atoms with E-state index in [0.29, 0.717) is 10.0 Å². The van der Waals surface area contributed by atoms with Crippen LogP contribution in [0.4, 0.5) is 0 Å². The molecule has 0 spiro atoms. The molecule has 0 aromatic heterocycles. The highest BCUT2D eigenvalue weighted by molar-refractivity contribution is 6.42. The van der Waals surface area contributed by atoms with E-state index in [1.165, 1.54) is 12.8 Å². The van der Waals surface area contributed by atoms with Crippen molar-refractivity contribution in [3.05, 3.63) is 28.2 Å². The molecule has 0 aliphatic heterocycles. The van der Waals surface area contributed by atoms with Crippen molar-refractivity contribution in [2.75, 3.05) is 0 Å². The fourth-order valence-corrected chi connectivity index (χ4v) is 2.28. The van der Waals surface area contributed by atoms with Crippen molar-refractivity contribution >= 4 is 23.2 Å². The standard InChI is InChI=1S/C12H15Cl2NO/c13-9-6-5-8(7-10(9)14)16-12-4-2-1-3-11(12)15/h5-7,11-12H,1-4,15H2. The number of halogens is 2. The summed E-state index contributed by atoms with van der Waals surface area (Å²) in [5, 5.41) is 1.06. The molecule has 2 nitrogen and oxygen atoms in total. The maximum absolute atomic E-state index is 6.01. The minimum atomic E-state index is 0.103. The predicted octanol–water partition coefficient (Wildman–Crippen LogP) is 3.64. The van der Waals surface area contributed by atoms with Gasteiger partial charge in [-0.2, -0.15) is 0 Å². The fraction of sp³-hybridized carbons (Fsp3) is 0.500. The van der Waals surface area contributed by atoms with Gasteiger partial charge in [0.2, 0.25) is 0 Å². The van der Waals surface area contributed by atoms with Crippen molar-refractivity contribution < 1.29 is 4.74 Å². The summed E-state index contributed by atoms with van der Waals surface area (Å²) >= 11 is 11.8. The Kier molecular flexibility index (Phi) is 3.95. The average molecular weight is 260 g/mol. The summed E-state index contributed by atoms with van der Waals surface area (Å²) < 4.78 is 5.84. The highest BCUT2D eigenvalue weighted by atomic mass is 35.5. The molecule has 0 saturated heterocycles. The molecule has 2 rings (SSSR count). The van der Waals surface area contributed by atoms with E-state index in [1.807, 2.05) is 6.07 Å². The maximum Gasteiger partial charge on any atom is 0.121 e. The molecule has 16 heavy (non-hydrogen) atoms. The molecule has 2 atom stereocenters. The lowest BCUT2D eigenvalue weighted by atomic mass is 9.93. The highest BCUT2D eigenvalue weighted by Crippen LogP contribution is 2.29. The van der Waals surface area contributed by atoms with Gasteiger partial charge >= 0.3 is 0 Å². The van der Waals surface area contributed by atoms with E-state index in [-0.39, 0.29) is 12.1 Å². The Morgan fingerprint density at radius 3 is 2.56 bits per heavy atom. The molecule has 0 amide bonds. The zero-order valence-electron chi connectivity index (χ0n) is 8.96. The molecule has 1 saturated carbocycles. The molecule has 1 aliphatic rings. The average Bonchev–Trinajstić information content (AvgIpc) is 2.27. The van der Waals surface area contributed by atoms with Crippen molar-refractivity contribution in [3.63, 3.8) is 0 Å². The molecule has 1 fully saturated rings. The van der Waals surface area contributed by atoms with Crippen LogP contribution >= 0.6 is 23.2 Å². The van der Waals surface area contributed by atoms with E-state index in [2.05, 4.69) is 0 Å². The first-order valence-corrected chi connectivity index (χ1v) is 6.29. The predicted molar refractivity (Wildman–Crippen MR) is 67.3 cm³/mol. The third-order valence-corrected chi connectivity index (χ3v) is 3.67. The Morgan fingerprint density at radius 2 is 1.88 bits per heavy atom. The Labute approximate surface area is 106 Å². The van der Waals surface area contributed by atoms with E-state index in [0.717, 1.165) is 18.6 Å². The van der Waals surface area contributed by atoms with Gasteiger partial charge in [-0.15, -0.1) is 0 Å². The summed E-state index contributed by atoms with van der Waals surface area (Å²) in [7, 11) is 0. The van der Waals surface area contributed by atoms with Gasteiger partial charge in [0.1, 0.15) is 11.9 Å². The van der Waals surface area contributed by atoms with Crippen LogP contribution in [0.5, 0.6) is 5.75 Å². The van der Waals surface area contributed by atoms with Crippen LogP contribution in [0, 0.1) is 0 Å². The lowest BCUT2D eigenvalue weighted by Gasteiger charge is -2.29. The molecule has 88 valence electrons. The molecule has 1 aromatic rings. The summed E-state index contributed by atoms with van der Waals surface area (Å²) in [5.41, 5.74) is 6.01. The Hall–Kier alpha value is -0.440. The normalized spacial score (nSPS) is 25.4. The molecule has 2 unspecified atom stereocenters. The van der Waals surface area contributed by atoms with Gasteiger partial charge in [0.25, 0.3) is 0 Å².